The van der Waals surface area contributed by atoms with Crippen LogP contribution in [0.4, 0.5) is 11.5 Å². The molecular formula is C11H16N4O3. The van der Waals surface area contributed by atoms with Gasteiger partial charge in [-0.05, 0) is 26.8 Å². The second-order valence-electron chi connectivity index (χ2n) is 4.81. The molecule has 0 bridgehead atoms. The molecule has 0 unspecified atom stereocenters. The fourth-order valence-electron chi connectivity index (χ4n) is 1.23. The highest BCUT2D eigenvalue weighted by Crippen LogP contribution is 2.11. The van der Waals surface area contributed by atoms with Crippen LogP contribution < -0.4 is 10.6 Å². The highest BCUT2D eigenvalue weighted by molar-refractivity contribution is 5.81. The summed E-state index contributed by atoms with van der Waals surface area (Å²) < 4.78 is 0. The van der Waals surface area contributed by atoms with E-state index in [4.69, 9.17) is 0 Å². The van der Waals surface area contributed by atoms with Crippen molar-refractivity contribution in [2.24, 2.45) is 0 Å². The molecule has 0 aliphatic carbocycles. The highest BCUT2D eigenvalue weighted by atomic mass is 16.6. The van der Waals surface area contributed by atoms with Gasteiger partial charge in [0.1, 0.15) is 12.0 Å². The molecule has 0 atom stereocenters. The van der Waals surface area contributed by atoms with Crippen LogP contribution in [0.5, 0.6) is 0 Å². The Morgan fingerprint density at radius 3 is 2.56 bits per heavy atom. The Labute approximate surface area is 105 Å². The van der Waals surface area contributed by atoms with Gasteiger partial charge in [0.05, 0.1) is 11.5 Å². The Balaban J connectivity index is 2.49. The first-order valence-corrected chi connectivity index (χ1v) is 5.43. The minimum Gasteiger partial charge on any atom is -0.361 e. The fourth-order valence-corrected chi connectivity index (χ4v) is 1.23. The molecule has 1 heterocycles. The number of nitrogens with zero attached hydrogens (tertiary/aromatic N) is 2. The maximum atomic E-state index is 11.5. The van der Waals surface area contributed by atoms with Crippen LogP contribution in [0.25, 0.3) is 0 Å². The zero-order chi connectivity index (χ0) is 13.8. The largest absolute Gasteiger partial charge is 0.361 e. The molecule has 0 radical (unpaired) electrons. The SMILES string of the molecule is CC(C)(C)NC(=O)CNc1ccc([N+](=O)[O-])cn1. The number of nitro groups is 1. The molecule has 0 spiro atoms. The molecule has 0 saturated heterocycles. The number of amides is 1. The maximum Gasteiger partial charge on any atom is 0.287 e. The van der Waals surface area contributed by atoms with Crippen molar-refractivity contribution in [2.75, 3.05) is 11.9 Å². The summed E-state index contributed by atoms with van der Waals surface area (Å²) in [5, 5.41) is 16.0. The second-order valence-corrected chi connectivity index (χ2v) is 4.81. The van der Waals surface area contributed by atoms with Crippen LogP contribution in [0.15, 0.2) is 18.3 Å². The van der Waals surface area contributed by atoms with Crippen LogP contribution >= 0.6 is 0 Å². The number of hydrogen-bond donors (Lipinski definition) is 2. The van der Waals surface area contributed by atoms with Gasteiger partial charge in [-0.2, -0.15) is 0 Å². The summed E-state index contributed by atoms with van der Waals surface area (Å²) in [6.07, 6.45) is 1.14. The number of pyridine rings is 1. The number of aromatic nitrogens is 1. The standard InChI is InChI=1S/C11H16N4O3/c1-11(2,3)14-10(16)7-13-9-5-4-8(6-12-9)15(17)18/h4-6H,7H2,1-3H3,(H,12,13)(H,14,16). The van der Waals surface area contributed by atoms with Crippen molar-refractivity contribution >= 4 is 17.4 Å². The summed E-state index contributed by atoms with van der Waals surface area (Å²) >= 11 is 0. The molecule has 0 saturated carbocycles. The van der Waals surface area contributed by atoms with E-state index in [9.17, 15) is 14.9 Å². The van der Waals surface area contributed by atoms with E-state index in [-0.39, 0.29) is 23.7 Å². The lowest BCUT2D eigenvalue weighted by molar-refractivity contribution is -0.385. The van der Waals surface area contributed by atoms with Crippen LogP contribution in [0.3, 0.4) is 0 Å². The maximum absolute atomic E-state index is 11.5. The van der Waals surface area contributed by atoms with E-state index >= 15 is 0 Å². The molecule has 98 valence electrons. The van der Waals surface area contributed by atoms with E-state index in [0.717, 1.165) is 6.20 Å². The smallest absolute Gasteiger partial charge is 0.287 e. The average molecular weight is 252 g/mol. The van der Waals surface area contributed by atoms with E-state index < -0.39 is 4.92 Å². The van der Waals surface area contributed by atoms with Gasteiger partial charge in [-0.1, -0.05) is 0 Å². The van der Waals surface area contributed by atoms with Gasteiger partial charge in [0.2, 0.25) is 5.91 Å². The summed E-state index contributed by atoms with van der Waals surface area (Å²) in [6.45, 7) is 5.72. The van der Waals surface area contributed by atoms with Crippen LogP contribution in [-0.4, -0.2) is 27.9 Å². The highest BCUT2D eigenvalue weighted by Gasteiger charge is 2.13. The lowest BCUT2D eigenvalue weighted by atomic mass is 10.1. The van der Waals surface area contributed by atoms with Crippen LogP contribution in [0.2, 0.25) is 0 Å². The Kier molecular flexibility index (Phi) is 4.19. The van der Waals surface area contributed by atoms with E-state index in [1.54, 1.807) is 0 Å². The van der Waals surface area contributed by atoms with Crippen molar-refractivity contribution < 1.29 is 9.72 Å². The Morgan fingerprint density at radius 1 is 1.44 bits per heavy atom. The third kappa shape index (κ3) is 4.77. The number of nitrogens with one attached hydrogen (secondary N) is 2. The summed E-state index contributed by atoms with van der Waals surface area (Å²) in [6, 6.07) is 2.79. The predicted molar refractivity (Wildman–Crippen MR) is 67.3 cm³/mol. The van der Waals surface area contributed by atoms with Gasteiger partial charge in [-0.3, -0.25) is 14.9 Å². The van der Waals surface area contributed by atoms with E-state index in [0.29, 0.717) is 5.82 Å². The quantitative estimate of drug-likeness (QED) is 0.622. The molecule has 2 N–H and O–H groups in total. The molecule has 1 rings (SSSR count). The average Bonchev–Trinajstić information content (AvgIpc) is 2.24. The molecule has 0 aliphatic heterocycles. The third-order valence-electron chi connectivity index (χ3n) is 1.90. The van der Waals surface area contributed by atoms with Crippen molar-refractivity contribution in [3.05, 3.63) is 28.4 Å². The monoisotopic (exact) mass is 252 g/mol. The summed E-state index contributed by atoms with van der Waals surface area (Å²) in [4.78, 5) is 25.2. The van der Waals surface area contributed by atoms with Gasteiger partial charge < -0.3 is 10.6 Å². The predicted octanol–water partition coefficient (Wildman–Crippen LogP) is 1.32. The van der Waals surface area contributed by atoms with Crippen LogP contribution in [0, 0.1) is 10.1 Å². The van der Waals surface area contributed by atoms with Gasteiger partial charge in [0.25, 0.3) is 5.69 Å². The topological polar surface area (TPSA) is 97.2 Å². The first-order valence-electron chi connectivity index (χ1n) is 5.43. The third-order valence-corrected chi connectivity index (χ3v) is 1.90. The molecular weight excluding hydrogens is 236 g/mol. The first kappa shape index (κ1) is 13.9. The van der Waals surface area contributed by atoms with E-state index in [1.807, 2.05) is 20.8 Å². The van der Waals surface area contributed by atoms with Gasteiger partial charge in [-0.15, -0.1) is 0 Å². The molecule has 7 heteroatoms. The minimum absolute atomic E-state index is 0.0715. The molecule has 0 fully saturated rings. The molecule has 7 nitrogen and oxygen atoms in total. The van der Waals surface area contributed by atoms with Gasteiger partial charge >= 0.3 is 0 Å². The molecule has 1 aromatic rings. The second kappa shape index (κ2) is 5.44. The summed E-state index contributed by atoms with van der Waals surface area (Å²) in [5.74, 6) is 0.257. The molecule has 1 aromatic heterocycles. The molecule has 0 aliphatic rings. The van der Waals surface area contributed by atoms with Gasteiger partial charge in [0, 0.05) is 11.6 Å². The van der Waals surface area contributed by atoms with Crippen molar-refractivity contribution in [3.8, 4) is 0 Å². The molecule has 1 amide bonds. The Hall–Kier alpha value is -2.18. The van der Waals surface area contributed by atoms with Crippen molar-refractivity contribution in [2.45, 2.75) is 26.3 Å². The fraction of sp³-hybridized carbons (Fsp3) is 0.455. The van der Waals surface area contributed by atoms with Gasteiger partial charge in [-0.25, -0.2) is 4.98 Å². The number of rotatable bonds is 4. The number of carbonyl (C=O) groups is 1. The zero-order valence-corrected chi connectivity index (χ0v) is 10.6. The van der Waals surface area contributed by atoms with Crippen molar-refractivity contribution in [1.82, 2.24) is 10.3 Å². The van der Waals surface area contributed by atoms with E-state index in [1.165, 1.54) is 12.1 Å². The molecule has 18 heavy (non-hydrogen) atoms. The van der Waals surface area contributed by atoms with Crippen molar-refractivity contribution in [1.29, 1.82) is 0 Å². The number of anilines is 1. The number of carbonyl (C=O) groups excluding carboxylic acids is 1. The normalized spacial score (nSPS) is 10.8. The van der Waals surface area contributed by atoms with Crippen LogP contribution in [0.1, 0.15) is 20.8 Å². The van der Waals surface area contributed by atoms with Gasteiger partial charge in [0.15, 0.2) is 0 Å². The number of hydrogen-bond acceptors (Lipinski definition) is 5. The summed E-state index contributed by atoms with van der Waals surface area (Å²) in [5.41, 5.74) is -0.374. The Morgan fingerprint density at radius 2 is 2.11 bits per heavy atom. The van der Waals surface area contributed by atoms with E-state index in [2.05, 4.69) is 15.6 Å². The van der Waals surface area contributed by atoms with Crippen molar-refractivity contribution in [3.63, 3.8) is 0 Å². The first-order chi connectivity index (χ1) is 8.28. The lowest BCUT2D eigenvalue weighted by Crippen LogP contribution is -2.43. The summed E-state index contributed by atoms with van der Waals surface area (Å²) in [7, 11) is 0. The van der Waals surface area contributed by atoms with Crippen LogP contribution in [-0.2, 0) is 4.79 Å². The zero-order valence-electron chi connectivity index (χ0n) is 10.6. The minimum atomic E-state index is -0.525. The lowest BCUT2D eigenvalue weighted by Gasteiger charge is -2.20. The Bertz CT molecular complexity index is 437. The molecule has 0 aromatic carbocycles.